The molecule has 2 saturated heterocycles. The van der Waals surface area contributed by atoms with Crippen molar-refractivity contribution in [3.63, 3.8) is 0 Å². The third kappa shape index (κ3) is 5.01. The van der Waals surface area contributed by atoms with Crippen LogP contribution in [0.1, 0.15) is 60.3 Å². The molecule has 2 heterocycles. The standard InChI is InChI=1S/C29H35N5O2/c30-29(31)33-16-13-20(14-17-33)19-32-28(36)26-10-5-15-34(26)27(35)18-25-23-8-3-1-6-21(23)11-12-22-7-2-4-9-24(22)25/h1-4,6-9,11-12,20,25-26H,5,10,13-19H2,(H3,30,31)(H,32,36)/t26-/m0/s1. The van der Waals surface area contributed by atoms with E-state index in [1.807, 2.05) is 29.2 Å². The second kappa shape index (κ2) is 10.6. The molecule has 0 bridgehead atoms. The van der Waals surface area contributed by atoms with Gasteiger partial charge < -0.3 is 20.9 Å². The molecule has 1 aliphatic carbocycles. The van der Waals surface area contributed by atoms with Gasteiger partial charge in [0.1, 0.15) is 6.04 Å². The summed E-state index contributed by atoms with van der Waals surface area (Å²) in [6, 6.07) is 16.2. The van der Waals surface area contributed by atoms with E-state index in [2.05, 4.69) is 41.7 Å². The first-order chi connectivity index (χ1) is 17.5. The van der Waals surface area contributed by atoms with E-state index < -0.39 is 6.04 Å². The molecule has 5 rings (SSSR count). The van der Waals surface area contributed by atoms with Crippen LogP contribution >= 0.6 is 0 Å². The van der Waals surface area contributed by atoms with Crippen LogP contribution in [0, 0.1) is 11.3 Å². The molecule has 0 aromatic heterocycles. The number of amides is 2. The molecule has 2 amide bonds. The van der Waals surface area contributed by atoms with Gasteiger partial charge in [0.2, 0.25) is 11.8 Å². The number of likely N-dealkylation sites (tertiary alicyclic amines) is 2. The zero-order valence-electron chi connectivity index (χ0n) is 20.7. The van der Waals surface area contributed by atoms with Gasteiger partial charge in [-0.1, -0.05) is 60.7 Å². The topological polar surface area (TPSA) is 103 Å². The molecule has 7 heteroatoms. The molecule has 0 unspecified atom stereocenters. The van der Waals surface area contributed by atoms with Gasteiger partial charge in [0.15, 0.2) is 5.96 Å². The lowest BCUT2D eigenvalue weighted by molar-refractivity contribution is -0.138. The highest BCUT2D eigenvalue weighted by molar-refractivity contribution is 5.89. The lowest BCUT2D eigenvalue weighted by Gasteiger charge is -2.32. The lowest BCUT2D eigenvalue weighted by Crippen LogP contribution is -2.48. The number of nitrogens with zero attached hydrogens (tertiary/aromatic N) is 2. The summed E-state index contributed by atoms with van der Waals surface area (Å²) < 4.78 is 0. The first-order valence-corrected chi connectivity index (χ1v) is 13.0. The van der Waals surface area contributed by atoms with Crippen molar-refractivity contribution >= 4 is 29.9 Å². The molecule has 0 saturated carbocycles. The third-order valence-corrected chi connectivity index (χ3v) is 7.96. The molecule has 7 nitrogen and oxygen atoms in total. The molecule has 0 radical (unpaired) electrons. The zero-order chi connectivity index (χ0) is 25.1. The van der Waals surface area contributed by atoms with Crippen molar-refractivity contribution < 1.29 is 9.59 Å². The summed E-state index contributed by atoms with van der Waals surface area (Å²) in [6.07, 6.45) is 7.98. The maximum absolute atomic E-state index is 13.7. The Hall–Kier alpha value is -3.61. The Morgan fingerprint density at radius 1 is 0.917 bits per heavy atom. The van der Waals surface area contributed by atoms with E-state index in [9.17, 15) is 9.59 Å². The van der Waals surface area contributed by atoms with E-state index in [0.717, 1.165) is 54.6 Å². The summed E-state index contributed by atoms with van der Waals surface area (Å²) in [6.45, 7) is 2.74. The van der Waals surface area contributed by atoms with Crippen molar-refractivity contribution in [1.82, 2.24) is 15.1 Å². The number of hydrogen-bond acceptors (Lipinski definition) is 3. The predicted octanol–water partition coefficient (Wildman–Crippen LogP) is 3.41. The second-order valence-electron chi connectivity index (χ2n) is 10.2. The van der Waals surface area contributed by atoms with Gasteiger partial charge in [0, 0.05) is 38.5 Å². The van der Waals surface area contributed by atoms with E-state index >= 15 is 0 Å². The molecule has 2 fully saturated rings. The molecule has 2 aromatic carbocycles. The van der Waals surface area contributed by atoms with Crippen LogP contribution in [0.3, 0.4) is 0 Å². The maximum Gasteiger partial charge on any atom is 0.242 e. The molecule has 2 aromatic rings. The van der Waals surface area contributed by atoms with Gasteiger partial charge in [0.05, 0.1) is 0 Å². The lowest BCUT2D eigenvalue weighted by atomic mass is 9.85. The fourth-order valence-corrected chi connectivity index (χ4v) is 5.90. The third-order valence-electron chi connectivity index (χ3n) is 7.96. The van der Waals surface area contributed by atoms with Crippen LogP contribution in [0.2, 0.25) is 0 Å². The quantitative estimate of drug-likeness (QED) is 0.446. The number of rotatable bonds is 5. The number of carbonyl (C=O) groups excluding carboxylic acids is 2. The van der Waals surface area contributed by atoms with E-state index in [-0.39, 0.29) is 23.7 Å². The molecule has 36 heavy (non-hydrogen) atoms. The number of fused-ring (bicyclic) bond motifs is 2. The Bertz CT molecular complexity index is 1120. The van der Waals surface area contributed by atoms with Gasteiger partial charge in [0.25, 0.3) is 0 Å². The highest BCUT2D eigenvalue weighted by atomic mass is 16.2. The van der Waals surface area contributed by atoms with Crippen molar-refractivity contribution in [1.29, 1.82) is 5.41 Å². The number of nitrogens with one attached hydrogen (secondary N) is 2. The van der Waals surface area contributed by atoms with E-state index in [1.165, 1.54) is 0 Å². The number of carbonyl (C=O) groups is 2. The number of benzene rings is 2. The molecule has 0 spiro atoms. The summed E-state index contributed by atoms with van der Waals surface area (Å²) in [5.41, 5.74) is 10.2. The Balaban J connectivity index is 1.25. The summed E-state index contributed by atoms with van der Waals surface area (Å²) in [4.78, 5) is 30.5. The van der Waals surface area contributed by atoms with E-state index in [1.54, 1.807) is 4.90 Å². The number of guanidine groups is 1. The normalized spacial score (nSPS) is 19.9. The fraction of sp³-hybridized carbons (Fsp3) is 0.414. The number of nitrogens with two attached hydrogens (primary N) is 1. The fourth-order valence-electron chi connectivity index (χ4n) is 5.90. The minimum atomic E-state index is -0.399. The summed E-state index contributed by atoms with van der Waals surface area (Å²) >= 11 is 0. The van der Waals surface area contributed by atoms with Gasteiger partial charge >= 0.3 is 0 Å². The van der Waals surface area contributed by atoms with Crippen molar-refractivity contribution in [2.45, 2.75) is 44.1 Å². The van der Waals surface area contributed by atoms with Crippen LogP contribution in [0.4, 0.5) is 0 Å². The van der Waals surface area contributed by atoms with Crippen LogP contribution in [0.15, 0.2) is 48.5 Å². The summed E-state index contributed by atoms with van der Waals surface area (Å²) in [7, 11) is 0. The highest BCUT2D eigenvalue weighted by Gasteiger charge is 2.36. The average Bonchev–Trinajstić information content (AvgIpc) is 3.34. The first kappa shape index (κ1) is 24.1. The Kier molecular flexibility index (Phi) is 7.07. The molecular formula is C29H35N5O2. The van der Waals surface area contributed by atoms with Crippen molar-refractivity contribution in [2.75, 3.05) is 26.2 Å². The predicted molar refractivity (Wildman–Crippen MR) is 142 cm³/mol. The molecule has 188 valence electrons. The van der Waals surface area contributed by atoms with Crippen molar-refractivity contribution in [3.05, 3.63) is 70.8 Å². The minimum Gasteiger partial charge on any atom is -0.370 e. The molecule has 2 aliphatic heterocycles. The summed E-state index contributed by atoms with van der Waals surface area (Å²) in [5.74, 6) is 0.446. The van der Waals surface area contributed by atoms with Crippen LogP contribution < -0.4 is 11.1 Å². The molecule has 1 atom stereocenters. The highest BCUT2D eigenvalue weighted by Crippen LogP contribution is 2.37. The largest absolute Gasteiger partial charge is 0.370 e. The van der Waals surface area contributed by atoms with Crippen LogP contribution in [-0.4, -0.2) is 59.8 Å². The van der Waals surface area contributed by atoms with Crippen LogP contribution in [-0.2, 0) is 9.59 Å². The molecule has 3 aliphatic rings. The maximum atomic E-state index is 13.7. The SMILES string of the molecule is N=C(N)N1CCC(CNC(=O)[C@@H]2CCCN2C(=O)CC2c3ccccc3C=Cc3ccccc32)CC1. The molecular weight excluding hydrogens is 450 g/mol. The van der Waals surface area contributed by atoms with Crippen LogP contribution in [0.5, 0.6) is 0 Å². The van der Waals surface area contributed by atoms with Gasteiger partial charge in [-0.3, -0.25) is 15.0 Å². The smallest absolute Gasteiger partial charge is 0.242 e. The Morgan fingerprint density at radius 2 is 1.53 bits per heavy atom. The number of piperidine rings is 1. The van der Waals surface area contributed by atoms with Crippen LogP contribution in [0.25, 0.3) is 12.2 Å². The van der Waals surface area contributed by atoms with E-state index in [0.29, 0.717) is 31.8 Å². The van der Waals surface area contributed by atoms with Gasteiger partial charge in [-0.05, 0) is 53.9 Å². The van der Waals surface area contributed by atoms with Crippen molar-refractivity contribution in [2.24, 2.45) is 11.7 Å². The Labute approximate surface area is 212 Å². The van der Waals surface area contributed by atoms with Gasteiger partial charge in [-0.25, -0.2) is 0 Å². The Morgan fingerprint density at radius 3 is 2.14 bits per heavy atom. The first-order valence-electron chi connectivity index (χ1n) is 13.0. The number of hydrogen-bond donors (Lipinski definition) is 3. The second-order valence-corrected chi connectivity index (χ2v) is 10.2. The average molecular weight is 486 g/mol. The van der Waals surface area contributed by atoms with Crippen molar-refractivity contribution in [3.8, 4) is 0 Å². The van der Waals surface area contributed by atoms with Gasteiger partial charge in [-0.2, -0.15) is 0 Å². The molecule has 4 N–H and O–H groups in total. The monoisotopic (exact) mass is 485 g/mol. The zero-order valence-corrected chi connectivity index (χ0v) is 20.7. The minimum absolute atomic E-state index is 0.0407. The van der Waals surface area contributed by atoms with E-state index in [4.69, 9.17) is 11.1 Å². The van der Waals surface area contributed by atoms with Gasteiger partial charge in [-0.15, -0.1) is 0 Å². The summed E-state index contributed by atoms with van der Waals surface area (Å²) in [5, 5.41) is 10.7.